The molecule has 0 unspecified atom stereocenters. The third-order valence-corrected chi connectivity index (χ3v) is 2.96. The fourth-order valence-electron chi connectivity index (χ4n) is 1.67. The lowest BCUT2D eigenvalue weighted by atomic mass is 10.4. The molecule has 7 heteroatoms. The molecular formula is C12H16BrN5O. The van der Waals surface area contributed by atoms with Gasteiger partial charge in [-0.1, -0.05) is 6.92 Å². The molecule has 0 spiro atoms. The van der Waals surface area contributed by atoms with E-state index in [2.05, 4.69) is 38.4 Å². The first-order chi connectivity index (χ1) is 9.19. The van der Waals surface area contributed by atoms with E-state index in [1.165, 1.54) is 0 Å². The fraction of sp³-hybridized carbons (Fsp3) is 0.417. The van der Waals surface area contributed by atoms with Gasteiger partial charge in [0.2, 0.25) is 0 Å². The van der Waals surface area contributed by atoms with Gasteiger partial charge in [-0.3, -0.25) is 14.2 Å². The van der Waals surface area contributed by atoms with Gasteiger partial charge >= 0.3 is 0 Å². The van der Waals surface area contributed by atoms with Crippen LogP contribution in [0.3, 0.4) is 0 Å². The first kappa shape index (κ1) is 13.8. The monoisotopic (exact) mass is 325 g/mol. The molecule has 2 rings (SSSR count). The van der Waals surface area contributed by atoms with Crippen molar-refractivity contribution in [3.05, 3.63) is 34.8 Å². The van der Waals surface area contributed by atoms with E-state index in [9.17, 15) is 4.79 Å². The molecule has 0 aromatic carbocycles. The van der Waals surface area contributed by atoms with Gasteiger partial charge in [0.25, 0.3) is 5.91 Å². The van der Waals surface area contributed by atoms with E-state index in [1.807, 2.05) is 12.4 Å². The Morgan fingerprint density at radius 1 is 1.42 bits per heavy atom. The van der Waals surface area contributed by atoms with Gasteiger partial charge in [-0.2, -0.15) is 10.2 Å². The first-order valence-electron chi connectivity index (χ1n) is 6.18. The molecule has 0 fully saturated rings. The minimum Gasteiger partial charge on any atom is -0.349 e. The summed E-state index contributed by atoms with van der Waals surface area (Å²) in [6.45, 7) is 4.05. The van der Waals surface area contributed by atoms with Crippen LogP contribution < -0.4 is 5.32 Å². The number of hydrogen-bond donors (Lipinski definition) is 1. The summed E-state index contributed by atoms with van der Waals surface area (Å²) in [7, 11) is 0. The maximum atomic E-state index is 11.8. The second-order valence-electron chi connectivity index (χ2n) is 4.14. The number of halogens is 1. The van der Waals surface area contributed by atoms with Crippen molar-refractivity contribution in [3.63, 3.8) is 0 Å². The fourth-order valence-corrected chi connectivity index (χ4v) is 2.00. The molecule has 0 saturated heterocycles. The van der Waals surface area contributed by atoms with Crippen LogP contribution in [0.2, 0.25) is 0 Å². The molecule has 0 atom stereocenters. The van der Waals surface area contributed by atoms with Crippen molar-refractivity contribution in [1.82, 2.24) is 24.9 Å². The molecule has 1 N–H and O–H groups in total. The van der Waals surface area contributed by atoms with Crippen molar-refractivity contribution in [3.8, 4) is 0 Å². The summed E-state index contributed by atoms with van der Waals surface area (Å²) < 4.78 is 4.47. The molecule has 0 radical (unpaired) electrons. The van der Waals surface area contributed by atoms with E-state index in [0.717, 1.165) is 17.4 Å². The van der Waals surface area contributed by atoms with Crippen LogP contribution in [0.1, 0.15) is 23.8 Å². The number of amides is 1. The summed E-state index contributed by atoms with van der Waals surface area (Å²) in [5.41, 5.74) is 0.454. The molecule has 0 saturated carbocycles. The first-order valence-corrected chi connectivity index (χ1v) is 6.98. The van der Waals surface area contributed by atoms with E-state index in [0.29, 0.717) is 18.8 Å². The van der Waals surface area contributed by atoms with Gasteiger partial charge in [0.05, 0.1) is 17.2 Å². The van der Waals surface area contributed by atoms with Crippen molar-refractivity contribution in [1.29, 1.82) is 0 Å². The van der Waals surface area contributed by atoms with Crippen LogP contribution in [0.5, 0.6) is 0 Å². The van der Waals surface area contributed by atoms with Gasteiger partial charge in [0.15, 0.2) is 0 Å². The summed E-state index contributed by atoms with van der Waals surface area (Å²) in [6, 6.07) is 1.73. The van der Waals surface area contributed by atoms with Gasteiger partial charge < -0.3 is 5.32 Å². The Balaban J connectivity index is 1.80. The lowest BCUT2D eigenvalue weighted by molar-refractivity contribution is 0.0946. The molecule has 2 heterocycles. The molecule has 102 valence electrons. The van der Waals surface area contributed by atoms with Crippen molar-refractivity contribution >= 4 is 21.8 Å². The highest BCUT2D eigenvalue weighted by atomic mass is 79.9. The summed E-state index contributed by atoms with van der Waals surface area (Å²) >= 11 is 3.32. The Bertz CT molecular complexity index is 548. The normalized spacial score (nSPS) is 10.6. The average Bonchev–Trinajstić information content (AvgIpc) is 2.99. The number of aromatic nitrogens is 4. The molecular weight excluding hydrogens is 310 g/mol. The van der Waals surface area contributed by atoms with Crippen molar-refractivity contribution in [2.24, 2.45) is 0 Å². The zero-order chi connectivity index (χ0) is 13.7. The Labute approximate surface area is 119 Å². The second-order valence-corrected chi connectivity index (χ2v) is 5.06. The van der Waals surface area contributed by atoms with E-state index in [-0.39, 0.29) is 5.91 Å². The van der Waals surface area contributed by atoms with Crippen LogP contribution >= 0.6 is 15.9 Å². The topological polar surface area (TPSA) is 64.7 Å². The number of carbonyl (C=O) groups is 1. The smallest absolute Gasteiger partial charge is 0.271 e. The van der Waals surface area contributed by atoms with Crippen molar-refractivity contribution in [2.75, 3.05) is 6.54 Å². The second kappa shape index (κ2) is 6.51. The Morgan fingerprint density at radius 3 is 2.95 bits per heavy atom. The van der Waals surface area contributed by atoms with Gasteiger partial charge in [-0.15, -0.1) is 0 Å². The zero-order valence-corrected chi connectivity index (χ0v) is 12.3. The summed E-state index contributed by atoms with van der Waals surface area (Å²) in [4.78, 5) is 11.8. The van der Waals surface area contributed by atoms with Crippen LogP contribution in [0.4, 0.5) is 0 Å². The van der Waals surface area contributed by atoms with E-state index < -0.39 is 0 Å². The van der Waals surface area contributed by atoms with Crippen molar-refractivity contribution < 1.29 is 4.79 Å². The van der Waals surface area contributed by atoms with E-state index in [1.54, 1.807) is 21.6 Å². The van der Waals surface area contributed by atoms with Crippen LogP contribution in [0.15, 0.2) is 29.1 Å². The lowest BCUT2D eigenvalue weighted by Gasteiger charge is -2.03. The quantitative estimate of drug-likeness (QED) is 0.878. The minimum atomic E-state index is -0.152. The Kier molecular flexibility index (Phi) is 4.73. The summed E-state index contributed by atoms with van der Waals surface area (Å²) in [6.07, 6.45) is 6.40. The number of nitrogens with zero attached hydrogens (tertiary/aromatic N) is 4. The molecule has 6 nitrogen and oxygen atoms in total. The predicted octanol–water partition coefficient (Wildman–Crippen LogP) is 1.68. The molecule has 0 bridgehead atoms. The highest BCUT2D eigenvalue weighted by molar-refractivity contribution is 9.10. The summed E-state index contributed by atoms with van der Waals surface area (Å²) in [5.74, 6) is -0.152. The molecule has 19 heavy (non-hydrogen) atoms. The highest BCUT2D eigenvalue weighted by Crippen LogP contribution is 2.05. The lowest BCUT2D eigenvalue weighted by Crippen LogP contribution is -2.27. The number of hydrogen-bond acceptors (Lipinski definition) is 3. The number of rotatable bonds is 6. The third-order valence-electron chi connectivity index (χ3n) is 2.55. The van der Waals surface area contributed by atoms with E-state index in [4.69, 9.17) is 0 Å². The molecule has 2 aromatic heterocycles. The molecule has 2 aromatic rings. The molecule has 1 amide bonds. The van der Waals surface area contributed by atoms with Gasteiger partial charge in [-0.25, -0.2) is 0 Å². The maximum absolute atomic E-state index is 11.8. The van der Waals surface area contributed by atoms with Gasteiger partial charge in [0, 0.05) is 25.5 Å². The predicted molar refractivity (Wildman–Crippen MR) is 74.8 cm³/mol. The minimum absolute atomic E-state index is 0.152. The Hall–Kier alpha value is -1.63. The molecule has 0 aliphatic rings. The van der Waals surface area contributed by atoms with Crippen LogP contribution in [-0.2, 0) is 13.1 Å². The van der Waals surface area contributed by atoms with Gasteiger partial charge in [-0.05, 0) is 28.4 Å². The van der Waals surface area contributed by atoms with Crippen LogP contribution in [0, 0.1) is 0 Å². The van der Waals surface area contributed by atoms with Crippen LogP contribution in [-0.4, -0.2) is 32.0 Å². The molecule has 0 aliphatic heterocycles. The highest BCUT2D eigenvalue weighted by Gasteiger charge is 2.08. The largest absolute Gasteiger partial charge is 0.349 e. The molecule has 0 aliphatic carbocycles. The average molecular weight is 326 g/mol. The summed E-state index contributed by atoms with van der Waals surface area (Å²) in [5, 5.41) is 11.1. The van der Waals surface area contributed by atoms with Crippen LogP contribution in [0.25, 0.3) is 0 Å². The SMILES string of the molecule is CCCn1ccc(C(=O)NCCn2cc(Br)cn2)n1. The maximum Gasteiger partial charge on any atom is 0.271 e. The number of aryl methyl sites for hydroxylation is 1. The van der Waals surface area contributed by atoms with Crippen molar-refractivity contribution in [2.45, 2.75) is 26.4 Å². The standard InChI is InChI=1S/C12H16BrN5O/c1-2-5-17-6-3-11(16-17)12(19)14-4-7-18-9-10(13)8-15-18/h3,6,8-9H,2,4-5,7H2,1H3,(H,14,19). The number of nitrogens with one attached hydrogen (secondary N) is 1. The third kappa shape index (κ3) is 3.92. The van der Waals surface area contributed by atoms with Gasteiger partial charge in [0.1, 0.15) is 5.69 Å². The number of carbonyl (C=O) groups excluding carboxylic acids is 1. The Morgan fingerprint density at radius 2 is 2.26 bits per heavy atom. The zero-order valence-electron chi connectivity index (χ0n) is 10.7. The van der Waals surface area contributed by atoms with E-state index >= 15 is 0 Å².